The number of hydrogen-bond donors (Lipinski definition) is 0. The molecule has 3 aromatic rings. The van der Waals surface area contributed by atoms with Gasteiger partial charge < -0.3 is 9.80 Å². The molecule has 2 heterocycles. The van der Waals surface area contributed by atoms with Crippen LogP contribution in [0.5, 0.6) is 0 Å². The van der Waals surface area contributed by atoms with E-state index in [1.807, 2.05) is 60.2 Å². The lowest BCUT2D eigenvalue weighted by atomic mass is 10.0. The van der Waals surface area contributed by atoms with E-state index in [-0.39, 0.29) is 5.91 Å². The summed E-state index contributed by atoms with van der Waals surface area (Å²) in [4.78, 5) is 26.1. The van der Waals surface area contributed by atoms with E-state index in [0.29, 0.717) is 18.1 Å². The van der Waals surface area contributed by atoms with Crippen molar-refractivity contribution < 1.29 is 4.79 Å². The minimum Gasteiger partial charge on any atom is -0.355 e. The van der Waals surface area contributed by atoms with Gasteiger partial charge in [0, 0.05) is 31.9 Å². The van der Waals surface area contributed by atoms with E-state index in [4.69, 9.17) is 0 Å². The Labute approximate surface area is 165 Å². The first-order valence-electron chi connectivity index (χ1n) is 9.62. The summed E-state index contributed by atoms with van der Waals surface area (Å²) in [6.45, 7) is 3.27. The Hall–Kier alpha value is -3.21. The van der Waals surface area contributed by atoms with Crippen molar-refractivity contribution in [1.82, 2.24) is 9.97 Å². The largest absolute Gasteiger partial charge is 0.355 e. The molecular weight excluding hydrogens is 348 g/mol. The number of hydrogen-bond acceptors (Lipinski definition) is 4. The van der Waals surface area contributed by atoms with Gasteiger partial charge >= 0.3 is 0 Å². The molecule has 1 amide bonds. The SMILES string of the molecule is Cc1nc(C(=O)N2CCCc3ccccc32)cc(N(C)Cc2ccccc2)n1. The lowest BCUT2D eigenvalue weighted by Crippen LogP contribution is -2.36. The lowest BCUT2D eigenvalue weighted by Gasteiger charge is -2.29. The molecule has 1 aliphatic heterocycles. The van der Waals surface area contributed by atoms with Gasteiger partial charge in [0.2, 0.25) is 0 Å². The number of rotatable bonds is 4. The molecule has 0 radical (unpaired) electrons. The lowest BCUT2D eigenvalue weighted by molar-refractivity contribution is 0.0980. The van der Waals surface area contributed by atoms with Gasteiger partial charge in [-0.15, -0.1) is 0 Å². The Morgan fingerprint density at radius 1 is 1.07 bits per heavy atom. The van der Waals surface area contributed by atoms with Gasteiger partial charge in [-0.2, -0.15) is 0 Å². The van der Waals surface area contributed by atoms with Crippen LogP contribution in [0, 0.1) is 6.92 Å². The Kier molecular flexibility index (Phi) is 5.06. The van der Waals surface area contributed by atoms with E-state index >= 15 is 0 Å². The molecule has 0 saturated heterocycles. The number of nitrogens with zero attached hydrogens (tertiary/aromatic N) is 4. The standard InChI is InChI=1S/C23H24N4O/c1-17-24-20(15-22(25-17)26(2)16-18-9-4-3-5-10-18)23(28)27-14-8-12-19-11-6-7-13-21(19)27/h3-7,9-11,13,15H,8,12,14,16H2,1-2H3. The third kappa shape index (κ3) is 3.74. The van der Waals surface area contributed by atoms with E-state index in [1.165, 1.54) is 11.1 Å². The molecule has 0 atom stereocenters. The Balaban J connectivity index is 1.61. The van der Waals surface area contributed by atoms with Crippen LogP contribution < -0.4 is 9.80 Å². The van der Waals surface area contributed by atoms with Gasteiger partial charge in [0.15, 0.2) is 0 Å². The molecule has 4 rings (SSSR count). The summed E-state index contributed by atoms with van der Waals surface area (Å²) in [5.74, 6) is 1.29. The van der Waals surface area contributed by atoms with E-state index in [0.717, 1.165) is 30.9 Å². The second-order valence-corrected chi connectivity index (χ2v) is 7.19. The fraction of sp³-hybridized carbons (Fsp3) is 0.261. The van der Waals surface area contributed by atoms with Gasteiger partial charge in [-0.3, -0.25) is 4.79 Å². The smallest absolute Gasteiger partial charge is 0.277 e. The molecule has 5 heteroatoms. The summed E-state index contributed by atoms with van der Waals surface area (Å²) in [7, 11) is 1.99. The molecule has 28 heavy (non-hydrogen) atoms. The van der Waals surface area contributed by atoms with Crippen LogP contribution in [0.4, 0.5) is 11.5 Å². The van der Waals surface area contributed by atoms with E-state index in [1.54, 1.807) is 6.07 Å². The number of anilines is 2. The van der Waals surface area contributed by atoms with E-state index in [9.17, 15) is 4.79 Å². The number of para-hydroxylation sites is 1. The third-order valence-electron chi connectivity index (χ3n) is 5.05. The number of aryl methyl sites for hydroxylation is 2. The molecule has 0 unspecified atom stereocenters. The summed E-state index contributed by atoms with van der Waals surface area (Å²) in [5.41, 5.74) is 3.85. The molecule has 5 nitrogen and oxygen atoms in total. The Morgan fingerprint density at radius 2 is 1.82 bits per heavy atom. The zero-order valence-electron chi connectivity index (χ0n) is 16.3. The van der Waals surface area contributed by atoms with Crippen LogP contribution in [-0.4, -0.2) is 29.5 Å². The van der Waals surface area contributed by atoms with Gasteiger partial charge in [0.1, 0.15) is 17.3 Å². The van der Waals surface area contributed by atoms with Crippen LogP contribution in [0.1, 0.15) is 33.9 Å². The van der Waals surface area contributed by atoms with Crippen molar-refractivity contribution in [2.75, 3.05) is 23.4 Å². The number of carbonyl (C=O) groups is 1. The second kappa shape index (κ2) is 7.80. The molecule has 0 N–H and O–H groups in total. The average molecular weight is 372 g/mol. The molecule has 0 saturated carbocycles. The number of aromatic nitrogens is 2. The van der Waals surface area contributed by atoms with Crippen LogP contribution >= 0.6 is 0 Å². The van der Waals surface area contributed by atoms with Gasteiger partial charge in [-0.25, -0.2) is 9.97 Å². The quantitative estimate of drug-likeness (QED) is 0.694. The van der Waals surface area contributed by atoms with Crippen LogP contribution in [0.25, 0.3) is 0 Å². The molecular formula is C23H24N4O. The topological polar surface area (TPSA) is 49.3 Å². The summed E-state index contributed by atoms with van der Waals surface area (Å²) < 4.78 is 0. The first-order valence-corrected chi connectivity index (χ1v) is 9.62. The van der Waals surface area contributed by atoms with Crippen LogP contribution in [0.15, 0.2) is 60.7 Å². The number of carbonyl (C=O) groups excluding carboxylic acids is 1. The first-order chi connectivity index (χ1) is 13.6. The van der Waals surface area contributed by atoms with Crippen LogP contribution in [-0.2, 0) is 13.0 Å². The highest BCUT2D eigenvalue weighted by molar-refractivity contribution is 6.05. The summed E-state index contributed by atoms with van der Waals surface area (Å²) in [6.07, 6.45) is 1.97. The molecule has 0 spiro atoms. The van der Waals surface area contributed by atoms with Crippen molar-refractivity contribution in [2.45, 2.75) is 26.3 Å². The molecule has 0 bridgehead atoms. The zero-order valence-corrected chi connectivity index (χ0v) is 16.3. The van der Waals surface area contributed by atoms with Gasteiger partial charge in [0.05, 0.1) is 0 Å². The number of fused-ring (bicyclic) bond motifs is 1. The second-order valence-electron chi connectivity index (χ2n) is 7.19. The minimum absolute atomic E-state index is 0.0630. The van der Waals surface area contributed by atoms with Crippen LogP contribution in [0.2, 0.25) is 0 Å². The zero-order chi connectivity index (χ0) is 19.5. The molecule has 1 aromatic heterocycles. The summed E-state index contributed by atoms with van der Waals surface area (Å²) >= 11 is 0. The van der Waals surface area contributed by atoms with Crippen molar-refractivity contribution >= 4 is 17.4 Å². The average Bonchev–Trinajstić information content (AvgIpc) is 2.73. The summed E-state index contributed by atoms with van der Waals surface area (Å²) in [5, 5.41) is 0. The molecule has 2 aromatic carbocycles. The van der Waals surface area contributed by atoms with Crippen molar-refractivity contribution in [1.29, 1.82) is 0 Å². The highest BCUT2D eigenvalue weighted by Gasteiger charge is 2.25. The van der Waals surface area contributed by atoms with Gasteiger partial charge in [-0.05, 0) is 37.0 Å². The normalized spacial score (nSPS) is 13.1. The highest BCUT2D eigenvalue weighted by Crippen LogP contribution is 2.28. The fourth-order valence-corrected chi connectivity index (χ4v) is 3.68. The molecule has 0 fully saturated rings. The number of benzene rings is 2. The minimum atomic E-state index is -0.0630. The maximum absolute atomic E-state index is 13.3. The summed E-state index contributed by atoms with van der Waals surface area (Å²) in [6, 6.07) is 20.1. The molecule has 0 aliphatic carbocycles. The van der Waals surface area contributed by atoms with Gasteiger partial charge in [-0.1, -0.05) is 48.5 Å². The van der Waals surface area contributed by atoms with E-state index in [2.05, 4.69) is 28.2 Å². The molecule has 1 aliphatic rings. The van der Waals surface area contributed by atoms with Gasteiger partial charge in [0.25, 0.3) is 5.91 Å². The van der Waals surface area contributed by atoms with Crippen LogP contribution in [0.3, 0.4) is 0 Å². The maximum Gasteiger partial charge on any atom is 0.277 e. The number of amides is 1. The monoisotopic (exact) mass is 372 g/mol. The van der Waals surface area contributed by atoms with Crippen molar-refractivity contribution in [3.63, 3.8) is 0 Å². The van der Waals surface area contributed by atoms with Crippen molar-refractivity contribution in [3.8, 4) is 0 Å². The predicted octanol–water partition coefficient (Wildman–Crippen LogP) is 4.01. The maximum atomic E-state index is 13.3. The van der Waals surface area contributed by atoms with E-state index < -0.39 is 0 Å². The van der Waals surface area contributed by atoms with Crippen molar-refractivity contribution in [3.05, 3.63) is 83.3 Å². The third-order valence-corrected chi connectivity index (χ3v) is 5.05. The first kappa shape index (κ1) is 18.2. The molecule has 142 valence electrons. The predicted molar refractivity (Wildman–Crippen MR) is 112 cm³/mol. The highest BCUT2D eigenvalue weighted by atomic mass is 16.2. The Morgan fingerprint density at radius 3 is 2.64 bits per heavy atom. The van der Waals surface area contributed by atoms with Crippen molar-refractivity contribution in [2.24, 2.45) is 0 Å². The Bertz CT molecular complexity index is 987. The fourth-order valence-electron chi connectivity index (χ4n) is 3.68.